The zero-order valence-corrected chi connectivity index (χ0v) is 10.5. The van der Waals surface area contributed by atoms with Crippen molar-refractivity contribution in [1.82, 2.24) is 14.8 Å². The lowest BCUT2D eigenvalue weighted by Crippen LogP contribution is -2.31. The van der Waals surface area contributed by atoms with Crippen LogP contribution in [0.2, 0.25) is 0 Å². The second-order valence-electron chi connectivity index (χ2n) is 4.83. The van der Waals surface area contributed by atoms with Gasteiger partial charge >= 0.3 is 0 Å². The van der Waals surface area contributed by atoms with Crippen molar-refractivity contribution < 1.29 is 0 Å². The minimum absolute atomic E-state index is 0.183. The summed E-state index contributed by atoms with van der Waals surface area (Å²) in [6.45, 7) is 6.65. The SMILES string of the molecule is Cc1nnc(C(C)(C)CN)n1-c1ccccc1. The van der Waals surface area contributed by atoms with Gasteiger partial charge in [-0.3, -0.25) is 4.57 Å². The van der Waals surface area contributed by atoms with Gasteiger partial charge in [0.25, 0.3) is 0 Å². The molecule has 2 N–H and O–H groups in total. The molecule has 0 atom stereocenters. The molecule has 17 heavy (non-hydrogen) atoms. The molecule has 0 saturated carbocycles. The maximum absolute atomic E-state index is 5.81. The van der Waals surface area contributed by atoms with E-state index < -0.39 is 0 Å². The maximum atomic E-state index is 5.81. The first-order valence-corrected chi connectivity index (χ1v) is 5.74. The average Bonchev–Trinajstić information content (AvgIpc) is 2.73. The van der Waals surface area contributed by atoms with E-state index in [0.29, 0.717) is 6.54 Å². The fourth-order valence-electron chi connectivity index (χ4n) is 1.78. The number of aryl methyl sites for hydroxylation is 1. The molecule has 0 radical (unpaired) electrons. The van der Waals surface area contributed by atoms with Gasteiger partial charge in [-0.05, 0) is 19.1 Å². The molecule has 4 heteroatoms. The number of hydrogen-bond donors (Lipinski definition) is 1. The fraction of sp³-hybridized carbons (Fsp3) is 0.385. The summed E-state index contributed by atoms with van der Waals surface area (Å²) >= 11 is 0. The first kappa shape index (κ1) is 11.8. The van der Waals surface area contributed by atoms with Crippen molar-refractivity contribution in [1.29, 1.82) is 0 Å². The van der Waals surface area contributed by atoms with Crippen molar-refractivity contribution in [2.45, 2.75) is 26.2 Å². The van der Waals surface area contributed by atoms with Crippen LogP contribution >= 0.6 is 0 Å². The molecule has 0 aliphatic rings. The zero-order valence-electron chi connectivity index (χ0n) is 10.5. The summed E-state index contributed by atoms with van der Waals surface area (Å²) in [5, 5.41) is 8.43. The minimum atomic E-state index is -0.183. The molecule has 4 nitrogen and oxygen atoms in total. The highest BCUT2D eigenvalue weighted by molar-refractivity contribution is 5.35. The quantitative estimate of drug-likeness (QED) is 0.875. The van der Waals surface area contributed by atoms with Crippen LogP contribution in [0.3, 0.4) is 0 Å². The summed E-state index contributed by atoms with van der Waals surface area (Å²) in [4.78, 5) is 0. The summed E-state index contributed by atoms with van der Waals surface area (Å²) in [6, 6.07) is 10.1. The molecule has 0 aliphatic carbocycles. The van der Waals surface area contributed by atoms with Gasteiger partial charge in [0.2, 0.25) is 0 Å². The van der Waals surface area contributed by atoms with E-state index in [1.807, 2.05) is 37.3 Å². The molecule has 1 aromatic carbocycles. The normalized spacial score (nSPS) is 11.8. The molecule has 0 spiro atoms. The Balaban J connectivity index is 2.59. The number of para-hydroxylation sites is 1. The standard InChI is InChI=1S/C13H18N4/c1-10-15-16-12(13(2,3)9-14)17(10)11-7-5-4-6-8-11/h4-8H,9,14H2,1-3H3. The lowest BCUT2D eigenvalue weighted by molar-refractivity contribution is 0.491. The number of benzene rings is 1. The van der Waals surface area contributed by atoms with Gasteiger partial charge in [0, 0.05) is 17.6 Å². The first-order chi connectivity index (χ1) is 8.06. The first-order valence-electron chi connectivity index (χ1n) is 5.74. The minimum Gasteiger partial charge on any atom is -0.329 e. The third kappa shape index (κ3) is 2.08. The van der Waals surface area contributed by atoms with Gasteiger partial charge in [-0.1, -0.05) is 32.0 Å². The Bertz CT molecular complexity index is 499. The van der Waals surface area contributed by atoms with Crippen LogP contribution in [0.25, 0.3) is 5.69 Å². The van der Waals surface area contributed by atoms with E-state index in [0.717, 1.165) is 17.3 Å². The maximum Gasteiger partial charge on any atom is 0.144 e. The molecular weight excluding hydrogens is 212 g/mol. The predicted molar refractivity (Wildman–Crippen MR) is 68.2 cm³/mol. The highest BCUT2D eigenvalue weighted by Crippen LogP contribution is 2.23. The van der Waals surface area contributed by atoms with Crippen molar-refractivity contribution in [3.05, 3.63) is 42.0 Å². The van der Waals surface area contributed by atoms with Gasteiger partial charge in [-0.25, -0.2) is 0 Å². The van der Waals surface area contributed by atoms with Crippen LogP contribution in [0.15, 0.2) is 30.3 Å². The Morgan fingerprint density at radius 1 is 1.18 bits per heavy atom. The smallest absolute Gasteiger partial charge is 0.144 e. The van der Waals surface area contributed by atoms with E-state index in [4.69, 9.17) is 5.73 Å². The molecule has 0 bridgehead atoms. The van der Waals surface area contributed by atoms with Crippen LogP contribution in [0.4, 0.5) is 0 Å². The Morgan fingerprint density at radius 2 is 1.82 bits per heavy atom. The topological polar surface area (TPSA) is 56.7 Å². The lowest BCUT2D eigenvalue weighted by atomic mass is 9.92. The van der Waals surface area contributed by atoms with Crippen LogP contribution in [-0.2, 0) is 5.41 Å². The third-order valence-corrected chi connectivity index (χ3v) is 2.95. The fourth-order valence-corrected chi connectivity index (χ4v) is 1.78. The lowest BCUT2D eigenvalue weighted by Gasteiger charge is -2.22. The summed E-state index contributed by atoms with van der Waals surface area (Å²) in [7, 11) is 0. The summed E-state index contributed by atoms with van der Waals surface area (Å²) in [5.41, 5.74) is 6.71. The summed E-state index contributed by atoms with van der Waals surface area (Å²) < 4.78 is 2.06. The van der Waals surface area contributed by atoms with Crippen molar-refractivity contribution in [3.8, 4) is 5.69 Å². The Kier molecular flexibility index (Phi) is 2.98. The van der Waals surface area contributed by atoms with E-state index in [-0.39, 0.29) is 5.41 Å². The highest BCUT2D eigenvalue weighted by atomic mass is 15.3. The molecule has 0 aliphatic heterocycles. The molecule has 1 heterocycles. The second-order valence-corrected chi connectivity index (χ2v) is 4.83. The number of aromatic nitrogens is 3. The second kappa shape index (κ2) is 4.30. The average molecular weight is 230 g/mol. The van der Waals surface area contributed by atoms with Gasteiger partial charge < -0.3 is 5.73 Å². The van der Waals surface area contributed by atoms with Gasteiger partial charge in [0.15, 0.2) is 0 Å². The number of nitrogens with zero attached hydrogens (tertiary/aromatic N) is 3. The third-order valence-electron chi connectivity index (χ3n) is 2.95. The molecule has 2 rings (SSSR count). The van der Waals surface area contributed by atoms with Crippen LogP contribution in [0.1, 0.15) is 25.5 Å². The summed E-state index contributed by atoms with van der Waals surface area (Å²) in [5.74, 6) is 1.79. The molecular formula is C13H18N4. The van der Waals surface area contributed by atoms with E-state index in [2.05, 4.69) is 28.6 Å². The molecule has 2 aromatic rings. The number of rotatable bonds is 3. The Morgan fingerprint density at radius 3 is 2.41 bits per heavy atom. The van der Waals surface area contributed by atoms with Crippen LogP contribution in [-0.4, -0.2) is 21.3 Å². The monoisotopic (exact) mass is 230 g/mol. The summed E-state index contributed by atoms with van der Waals surface area (Å²) in [6.07, 6.45) is 0. The van der Waals surface area contributed by atoms with E-state index >= 15 is 0 Å². The van der Waals surface area contributed by atoms with Crippen molar-refractivity contribution >= 4 is 0 Å². The molecule has 0 fully saturated rings. The van der Waals surface area contributed by atoms with Crippen LogP contribution in [0, 0.1) is 6.92 Å². The van der Waals surface area contributed by atoms with Crippen LogP contribution < -0.4 is 5.73 Å². The Hall–Kier alpha value is -1.68. The van der Waals surface area contributed by atoms with Crippen molar-refractivity contribution in [3.63, 3.8) is 0 Å². The number of hydrogen-bond acceptors (Lipinski definition) is 3. The van der Waals surface area contributed by atoms with Gasteiger partial charge in [0.1, 0.15) is 11.6 Å². The van der Waals surface area contributed by atoms with E-state index in [1.54, 1.807) is 0 Å². The molecule has 0 amide bonds. The van der Waals surface area contributed by atoms with Gasteiger partial charge in [-0.2, -0.15) is 0 Å². The van der Waals surface area contributed by atoms with Crippen molar-refractivity contribution in [2.24, 2.45) is 5.73 Å². The van der Waals surface area contributed by atoms with Gasteiger partial charge in [-0.15, -0.1) is 10.2 Å². The molecule has 0 unspecified atom stereocenters. The van der Waals surface area contributed by atoms with Gasteiger partial charge in [0.05, 0.1) is 0 Å². The molecule has 1 aromatic heterocycles. The van der Waals surface area contributed by atoms with E-state index in [1.165, 1.54) is 0 Å². The molecule has 0 saturated heterocycles. The number of nitrogens with two attached hydrogens (primary N) is 1. The Labute approximate surface area is 101 Å². The van der Waals surface area contributed by atoms with E-state index in [9.17, 15) is 0 Å². The largest absolute Gasteiger partial charge is 0.329 e. The molecule has 90 valence electrons. The predicted octanol–water partition coefficient (Wildman–Crippen LogP) is 1.81. The van der Waals surface area contributed by atoms with Crippen molar-refractivity contribution in [2.75, 3.05) is 6.54 Å². The zero-order chi connectivity index (χ0) is 12.5. The highest BCUT2D eigenvalue weighted by Gasteiger charge is 2.26. The van der Waals surface area contributed by atoms with Crippen LogP contribution in [0.5, 0.6) is 0 Å².